The summed E-state index contributed by atoms with van der Waals surface area (Å²) in [5, 5.41) is 3.44. The van der Waals surface area contributed by atoms with Gasteiger partial charge >= 0.3 is 0 Å². The van der Waals surface area contributed by atoms with Gasteiger partial charge in [0.25, 0.3) is 0 Å². The molecule has 1 aromatic carbocycles. The van der Waals surface area contributed by atoms with Gasteiger partial charge in [-0.15, -0.1) is 11.3 Å². The van der Waals surface area contributed by atoms with Crippen LogP contribution in [0, 0.1) is 0 Å². The second-order valence-electron chi connectivity index (χ2n) is 5.02. The quantitative estimate of drug-likeness (QED) is 0.910. The molecule has 96 valence electrons. The summed E-state index contributed by atoms with van der Waals surface area (Å²) in [7, 11) is 0. The zero-order valence-electron chi connectivity index (χ0n) is 10.5. The summed E-state index contributed by atoms with van der Waals surface area (Å²) in [5.74, 6) is 0. The van der Waals surface area contributed by atoms with Crippen molar-refractivity contribution in [1.82, 2.24) is 0 Å². The van der Waals surface area contributed by atoms with E-state index < -0.39 is 0 Å². The number of rotatable bonds is 3. The van der Waals surface area contributed by atoms with E-state index in [9.17, 15) is 0 Å². The van der Waals surface area contributed by atoms with E-state index in [1.807, 2.05) is 0 Å². The highest BCUT2D eigenvalue weighted by Crippen LogP contribution is 2.31. The maximum absolute atomic E-state index is 6.38. The molecule has 18 heavy (non-hydrogen) atoms. The maximum atomic E-state index is 6.38. The standard InChI is InChI=1S/C15H19NOS/c16-14(10-12-5-1-2-8-17-12)13-6-3-4-11-7-9-18-15(11)13/h3-4,6-7,9,12,14H,1-2,5,8,10,16H2. The van der Waals surface area contributed by atoms with E-state index in [4.69, 9.17) is 10.5 Å². The lowest BCUT2D eigenvalue weighted by Crippen LogP contribution is -2.24. The van der Waals surface area contributed by atoms with E-state index in [1.54, 1.807) is 11.3 Å². The minimum atomic E-state index is 0.0930. The highest BCUT2D eigenvalue weighted by Gasteiger charge is 2.19. The fourth-order valence-electron chi connectivity index (χ4n) is 2.71. The first-order valence-electron chi connectivity index (χ1n) is 6.68. The van der Waals surface area contributed by atoms with Crippen LogP contribution < -0.4 is 5.73 Å². The summed E-state index contributed by atoms with van der Waals surface area (Å²) in [6.07, 6.45) is 4.93. The Morgan fingerprint density at radius 2 is 2.28 bits per heavy atom. The van der Waals surface area contributed by atoms with E-state index >= 15 is 0 Å². The monoisotopic (exact) mass is 261 g/mol. The van der Waals surface area contributed by atoms with E-state index in [0.717, 1.165) is 19.4 Å². The molecule has 0 aliphatic carbocycles. The molecule has 0 spiro atoms. The van der Waals surface area contributed by atoms with Crippen LogP contribution in [0.5, 0.6) is 0 Å². The normalized spacial score (nSPS) is 22.2. The van der Waals surface area contributed by atoms with E-state index in [-0.39, 0.29) is 6.04 Å². The molecule has 0 saturated carbocycles. The first kappa shape index (κ1) is 12.2. The molecule has 0 radical (unpaired) electrons. The van der Waals surface area contributed by atoms with Crippen LogP contribution >= 0.6 is 11.3 Å². The van der Waals surface area contributed by atoms with Crippen molar-refractivity contribution in [2.75, 3.05) is 6.61 Å². The van der Waals surface area contributed by atoms with Gasteiger partial charge in [0.1, 0.15) is 0 Å². The molecule has 1 aromatic heterocycles. The van der Waals surface area contributed by atoms with Crippen LogP contribution in [-0.4, -0.2) is 12.7 Å². The topological polar surface area (TPSA) is 35.2 Å². The third kappa shape index (κ3) is 2.44. The summed E-state index contributed by atoms with van der Waals surface area (Å²) >= 11 is 1.78. The van der Waals surface area contributed by atoms with Crippen LogP contribution in [0.2, 0.25) is 0 Å². The molecule has 1 fully saturated rings. The Kier molecular flexibility index (Phi) is 3.64. The molecule has 2 nitrogen and oxygen atoms in total. The summed E-state index contributed by atoms with van der Waals surface area (Å²) in [6.45, 7) is 0.903. The number of hydrogen-bond acceptors (Lipinski definition) is 3. The van der Waals surface area contributed by atoms with Crippen molar-refractivity contribution in [1.29, 1.82) is 0 Å². The lowest BCUT2D eigenvalue weighted by molar-refractivity contribution is 0.00737. The molecule has 3 rings (SSSR count). The molecular formula is C15H19NOS. The van der Waals surface area contributed by atoms with Crippen molar-refractivity contribution in [3.8, 4) is 0 Å². The SMILES string of the molecule is NC(CC1CCCCO1)c1cccc2ccsc12. The van der Waals surface area contributed by atoms with Gasteiger partial charge in [-0.3, -0.25) is 0 Å². The molecule has 2 atom stereocenters. The second-order valence-corrected chi connectivity index (χ2v) is 5.93. The summed E-state index contributed by atoms with van der Waals surface area (Å²) < 4.78 is 7.12. The third-order valence-corrected chi connectivity index (χ3v) is 4.68. The minimum absolute atomic E-state index is 0.0930. The summed E-state index contributed by atoms with van der Waals surface area (Å²) in [5.41, 5.74) is 7.65. The Labute approximate surface area is 112 Å². The summed E-state index contributed by atoms with van der Waals surface area (Å²) in [6, 6.07) is 8.67. The van der Waals surface area contributed by atoms with Gasteiger partial charge in [0.15, 0.2) is 0 Å². The molecule has 0 bridgehead atoms. The van der Waals surface area contributed by atoms with Gasteiger partial charge < -0.3 is 10.5 Å². The van der Waals surface area contributed by atoms with Crippen LogP contribution in [0.1, 0.15) is 37.3 Å². The predicted octanol–water partition coefficient (Wildman–Crippen LogP) is 3.86. The second kappa shape index (κ2) is 5.39. The van der Waals surface area contributed by atoms with Crippen LogP contribution in [0.4, 0.5) is 0 Å². The zero-order chi connectivity index (χ0) is 12.4. The highest BCUT2D eigenvalue weighted by molar-refractivity contribution is 7.17. The van der Waals surface area contributed by atoms with Gasteiger partial charge in [0, 0.05) is 17.3 Å². The van der Waals surface area contributed by atoms with E-state index in [0.29, 0.717) is 6.10 Å². The zero-order valence-corrected chi connectivity index (χ0v) is 11.3. The molecule has 2 N–H and O–H groups in total. The fraction of sp³-hybridized carbons (Fsp3) is 0.467. The number of ether oxygens (including phenoxy) is 1. The van der Waals surface area contributed by atoms with Gasteiger partial charge in [0.2, 0.25) is 0 Å². The van der Waals surface area contributed by atoms with Crippen LogP contribution in [0.3, 0.4) is 0 Å². The molecule has 2 heterocycles. The van der Waals surface area contributed by atoms with Gasteiger partial charge in [-0.2, -0.15) is 0 Å². The molecule has 1 saturated heterocycles. The van der Waals surface area contributed by atoms with E-state index in [1.165, 1.54) is 28.5 Å². The average Bonchev–Trinajstić information content (AvgIpc) is 2.87. The molecular weight excluding hydrogens is 242 g/mol. The van der Waals surface area contributed by atoms with Crippen molar-refractivity contribution in [3.63, 3.8) is 0 Å². The van der Waals surface area contributed by atoms with Crippen LogP contribution in [0.25, 0.3) is 10.1 Å². The number of thiophene rings is 1. The van der Waals surface area contributed by atoms with Gasteiger partial charge in [-0.25, -0.2) is 0 Å². The van der Waals surface area contributed by atoms with Crippen molar-refractivity contribution < 1.29 is 4.74 Å². The van der Waals surface area contributed by atoms with Crippen molar-refractivity contribution >= 4 is 21.4 Å². The van der Waals surface area contributed by atoms with Crippen molar-refractivity contribution in [2.45, 2.75) is 37.8 Å². The highest BCUT2D eigenvalue weighted by atomic mass is 32.1. The van der Waals surface area contributed by atoms with Gasteiger partial charge in [-0.1, -0.05) is 18.2 Å². The number of hydrogen-bond donors (Lipinski definition) is 1. The summed E-state index contributed by atoms with van der Waals surface area (Å²) in [4.78, 5) is 0. The molecule has 3 heteroatoms. The molecule has 2 unspecified atom stereocenters. The van der Waals surface area contributed by atoms with Crippen molar-refractivity contribution in [2.24, 2.45) is 5.73 Å². The minimum Gasteiger partial charge on any atom is -0.378 e. The molecule has 0 amide bonds. The Balaban J connectivity index is 1.78. The molecule has 2 aromatic rings. The lowest BCUT2D eigenvalue weighted by atomic mass is 9.97. The number of nitrogens with two attached hydrogens (primary N) is 1. The average molecular weight is 261 g/mol. The largest absolute Gasteiger partial charge is 0.378 e. The Morgan fingerprint density at radius 1 is 1.33 bits per heavy atom. The first-order chi connectivity index (χ1) is 8.84. The number of fused-ring (bicyclic) bond motifs is 1. The predicted molar refractivity (Wildman–Crippen MR) is 77.0 cm³/mol. The van der Waals surface area contributed by atoms with Crippen molar-refractivity contribution in [3.05, 3.63) is 35.2 Å². The smallest absolute Gasteiger partial charge is 0.0593 e. The van der Waals surface area contributed by atoms with E-state index in [2.05, 4.69) is 29.6 Å². The first-order valence-corrected chi connectivity index (χ1v) is 7.56. The Hall–Kier alpha value is -0.900. The Morgan fingerprint density at radius 3 is 3.11 bits per heavy atom. The number of benzene rings is 1. The van der Waals surface area contributed by atoms with Crippen LogP contribution in [-0.2, 0) is 4.74 Å². The van der Waals surface area contributed by atoms with Gasteiger partial charge in [-0.05, 0) is 48.1 Å². The Bertz CT molecular complexity index is 516. The molecule has 1 aliphatic heterocycles. The lowest BCUT2D eigenvalue weighted by Gasteiger charge is -2.25. The molecule has 1 aliphatic rings. The third-order valence-electron chi connectivity index (χ3n) is 3.70. The van der Waals surface area contributed by atoms with Gasteiger partial charge in [0.05, 0.1) is 6.10 Å². The maximum Gasteiger partial charge on any atom is 0.0593 e. The van der Waals surface area contributed by atoms with Crippen LogP contribution in [0.15, 0.2) is 29.6 Å². The fourth-order valence-corrected chi connectivity index (χ4v) is 3.69.